The molecule has 0 radical (unpaired) electrons. The van der Waals surface area contributed by atoms with Crippen molar-refractivity contribution in [3.05, 3.63) is 40.7 Å². The van der Waals surface area contributed by atoms with E-state index in [1.165, 1.54) is 25.6 Å². The molecule has 2 aromatic heterocycles. The standard InChI is InChI=1S/C19H24N6O4/c1-19(2,3)16(18(27)23(4)28)21-17(26)14-12-8-10-7-11(10)15(12)25(22-14)13-9-24(29)6-5-20-13/h5-6,9-11,16,28H,7-8H2,1-4H3,(H,21,26)/t10-,11-,16-/m1/s1. The van der Waals surface area contributed by atoms with E-state index in [0.717, 1.165) is 24.1 Å². The predicted molar refractivity (Wildman–Crippen MR) is 100 cm³/mol. The number of nitrogens with zero attached hydrogens (tertiary/aromatic N) is 5. The van der Waals surface area contributed by atoms with Crippen LogP contribution in [0.4, 0.5) is 0 Å². The van der Waals surface area contributed by atoms with Crippen LogP contribution >= 0.6 is 0 Å². The molecule has 1 fully saturated rings. The zero-order chi connectivity index (χ0) is 21.1. The van der Waals surface area contributed by atoms with Crippen molar-refractivity contribution in [1.82, 2.24) is 25.1 Å². The van der Waals surface area contributed by atoms with E-state index in [9.17, 15) is 20.0 Å². The molecular formula is C19H24N6O4. The van der Waals surface area contributed by atoms with E-state index >= 15 is 0 Å². The molecule has 2 aliphatic carbocycles. The van der Waals surface area contributed by atoms with Crippen LogP contribution in [0.1, 0.15) is 54.9 Å². The first-order chi connectivity index (χ1) is 13.6. The summed E-state index contributed by atoms with van der Waals surface area (Å²) in [5.41, 5.74) is 1.37. The normalized spacial score (nSPS) is 20.6. The van der Waals surface area contributed by atoms with E-state index in [4.69, 9.17) is 0 Å². The molecule has 2 aliphatic rings. The van der Waals surface area contributed by atoms with Gasteiger partial charge in [0.1, 0.15) is 6.04 Å². The Bertz CT molecular complexity index is 993. The van der Waals surface area contributed by atoms with E-state index in [1.54, 1.807) is 25.5 Å². The van der Waals surface area contributed by atoms with Crippen LogP contribution in [0.3, 0.4) is 0 Å². The fraction of sp³-hybridized carbons (Fsp3) is 0.526. The van der Waals surface area contributed by atoms with E-state index in [1.807, 2.05) is 0 Å². The third-order valence-electron chi connectivity index (χ3n) is 5.57. The Hall–Kier alpha value is -3.01. The SMILES string of the molecule is CN(O)C(=O)[C@@H](NC(=O)c1nn(-c2c[n+]([O-])ccn2)c2c1C[C@H]1C[C@@H]21)C(C)(C)C. The van der Waals surface area contributed by atoms with E-state index in [0.29, 0.717) is 27.4 Å². The Kier molecular flexibility index (Phi) is 4.34. The van der Waals surface area contributed by atoms with Crippen LogP contribution in [0, 0.1) is 16.5 Å². The van der Waals surface area contributed by atoms with Gasteiger partial charge in [-0.1, -0.05) is 20.8 Å². The largest absolute Gasteiger partial charge is 0.619 e. The number of fused-ring (bicyclic) bond motifs is 3. The smallest absolute Gasteiger partial charge is 0.272 e. The number of aromatic nitrogens is 4. The molecule has 0 spiro atoms. The molecule has 1 saturated carbocycles. The van der Waals surface area contributed by atoms with Crippen molar-refractivity contribution in [3.8, 4) is 5.82 Å². The Morgan fingerprint density at radius 1 is 1.45 bits per heavy atom. The van der Waals surface area contributed by atoms with Crippen molar-refractivity contribution in [2.24, 2.45) is 11.3 Å². The van der Waals surface area contributed by atoms with Crippen LogP contribution in [0.15, 0.2) is 18.6 Å². The number of hydroxylamine groups is 2. The molecule has 2 heterocycles. The summed E-state index contributed by atoms with van der Waals surface area (Å²) in [5.74, 6) is 0.0467. The van der Waals surface area contributed by atoms with Gasteiger partial charge in [-0.05, 0) is 24.2 Å². The number of nitrogens with one attached hydrogen (secondary N) is 1. The summed E-state index contributed by atoms with van der Waals surface area (Å²) in [7, 11) is 1.23. The highest BCUT2D eigenvalue weighted by Crippen LogP contribution is 2.57. The van der Waals surface area contributed by atoms with Crippen molar-refractivity contribution in [1.29, 1.82) is 0 Å². The van der Waals surface area contributed by atoms with Crippen molar-refractivity contribution in [2.75, 3.05) is 7.05 Å². The number of carbonyl (C=O) groups excluding carboxylic acids is 2. The van der Waals surface area contributed by atoms with Gasteiger partial charge >= 0.3 is 0 Å². The zero-order valence-corrected chi connectivity index (χ0v) is 16.8. The van der Waals surface area contributed by atoms with Crippen molar-refractivity contribution in [2.45, 2.75) is 45.6 Å². The van der Waals surface area contributed by atoms with E-state index in [2.05, 4.69) is 15.4 Å². The van der Waals surface area contributed by atoms with Crippen LogP contribution < -0.4 is 10.0 Å². The van der Waals surface area contributed by atoms with Gasteiger partial charge in [0.05, 0.1) is 11.9 Å². The summed E-state index contributed by atoms with van der Waals surface area (Å²) < 4.78 is 2.21. The number of hydrogen-bond acceptors (Lipinski definition) is 6. The fourth-order valence-electron chi connectivity index (χ4n) is 3.98. The minimum atomic E-state index is -0.930. The first-order valence-corrected chi connectivity index (χ1v) is 9.52. The number of amides is 2. The highest BCUT2D eigenvalue weighted by atomic mass is 16.5. The molecule has 154 valence electrons. The molecule has 3 atom stereocenters. The lowest BCUT2D eigenvalue weighted by atomic mass is 9.86. The predicted octanol–water partition coefficient (Wildman–Crippen LogP) is 0.552. The Balaban J connectivity index is 1.71. The molecule has 0 aromatic carbocycles. The van der Waals surface area contributed by atoms with Gasteiger partial charge in [0.2, 0.25) is 12.0 Å². The lowest BCUT2D eigenvalue weighted by molar-refractivity contribution is -0.605. The fourth-order valence-corrected chi connectivity index (χ4v) is 3.98. The molecule has 0 unspecified atom stereocenters. The molecular weight excluding hydrogens is 376 g/mol. The van der Waals surface area contributed by atoms with Gasteiger partial charge < -0.3 is 10.5 Å². The van der Waals surface area contributed by atoms with Crippen molar-refractivity contribution in [3.63, 3.8) is 0 Å². The lowest BCUT2D eigenvalue weighted by Gasteiger charge is -2.31. The first kappa shape index (κ1) is 19.3. The molecule has 0 aliphatic heterocycles. The summed E-state index contributed by atoms with van der Waals surface area (Å²) >= 11 is 0. The van der Waals surface area contributed by atoms with Crippen LogP contribution in [-0.2, 0) is 11.2 Å². The summed E-state index contributed by atoms with van der Waals surface area (Å²) in [4.78, 5) is 29.7. The number of hydrogen-bond donors (Lipinski definition) is 2. The molecule has 2 aromatic rings. The second-order valence-corrected chi connectivity index (χ2v) is 8.84. The van der Waals surface area contributed by atoms with Gasteiger partial charge in [0.25, 0.3) is 11.8 Å². The highest BCUT2D eigenvalue weighted by molar-refractivity contribution is 5.97. The Labute approximate surface area is 167 Å². The van der Waals surface area contributed by atoms with Gasteiger partial charge in [-0.15, -0.1) is 0 Å². The third kappa shape index (κ3) is 3.33. The maximum atomic E-state index is 13.1. The minimum Gasteiger partial charge on any atom is -0.619 e. The van der Waals surface area contributed by atoms with Gasteiger partial charge in [0, 0.05) is 18.5 Å². The van der Waals surface area contributed by atoms with Crippen LogP contribution in [0.25, 0.3) is 5.82 Å². The topological polar surface area (TPSA) is 127 Å². The third-order valence-corrected chi connectivity index (χ3v) is 5.57. The van der Waals surface area contributed by atoms with Gasteiger partial charge in [0.15, 0.2) is 11.9 Å². The molecule has 0 bridgehead atoms. The maximum Gasteiger partial charge on any atom is 0.272 e. The summed E-state index contributed by atoms with van der Waals surface area (Å²) in [6, 6.07) is -0.930. The summed E-state index contributed by atoms with van der Waals surface area (Å²) in [6.45, 7) is 5.41. The summed E-state index contributed by atoms with van der Waals surface area (Å²) in [6.07, 6.45) is 5.75. The average Bonchev–Trinajstić information content (AvgIpc) is 3.13. The van der Waals surface area contributed by atoms with Crippen molar-refractivity contribution < 1.29 is 19.5 Å². The average molecular weight is 400 g/mol. The minimum absolute atomic E-state index is 0.234. The van der Waals surface area contributed by atoms with Gasteiger partial charge in [-0.3, -0.25) is 14.8 Å². The molecule has 29 heavy (non-hydrogen) atoms. The van der Waals surface area contributed by atoms with Gasteiger partial charge in [-0.2, -0.15) is 9.83 Å². The molecule has 10 nitrogen and oxygen atoms in total. The molecule has 2 amide bonds. The van der Waals surface area contributed by atoms with E-state index < -0.39 is 23.3 Å². The van der Waals surface area contributed by atoms with Gasteiger partial charge in [-0.25, -0.2) is 14.7 Å². The van der Waals surface area contributed by atoms with E-state index in [-0.39, 0.29) is 5.69 Å². The first-order valence-electron chi connectivity index (χ1n) is 9.52. The lowest BCUT2D eigenvalue weighted by Crippen LogP contribution is -2.53. The molecule has 0 saturated heterocycles. The van der Waals surface area contributed by atoms with Crippen molar-refractivity contribution >= 4 is 11.8 Å². The number of rotatable bonds is 4. The van der Waals surface area contributed by atoms with Crippen LogP contribution in [-0.4, -0.2) is 49.9 Å². The quantitative estimate of drug-likeness (QED) is 0.334. The molecule has 4 rings (SSSR count). The Morgan fingerprint density at radius 3 is 2.79 bits per heavy atom. The Morgan fingerprint density at radius 2 is 2.17 bits per heavy atom. The van der Waals surface area contributed by atoms with Crippen LogP contribution in [0.5, 0.6) is 0 Å². The maximum absolute atomic E-state index is 13.1. The molecule has 2 N–H and O–H groups in total. The second-order valence-electron chi connectivity index (χ2n) is 8.84. The summed E-state index contributed by atoms with van der Waals surface area (Å²) in [5, 5.41) is 28.9. The highest BCUT2D eigenvalue weighted by Gasteiger charge is 2.50. The zero-order valence-electron chi connectivity index (χ0n) is 16.8. The monoisotopic (exact) mass is 400 g/mol. The number of likely N-dealkylation sites (N-methyl/N-ethyl adjacent to an activating group) is 1. The molecule has 10 heteroatoms. The second kappa shape index (κ2) is 6.51. The van der Waals surface area contributed by atoms with Crippen LogP contribution in [0.2, 0.25) is 0 Å². The number of carbonyl (C=O) groups is 2.